The van der Waals surface area contributed by atoms with Gasteiger partial charge in [0.05, 0.1) is 0 Å². The number of hydrogen-bond donors (Lipinski definition) is 2. The van der Waals surface area contributed by atoms with Crippen molar-refractivity contribution in [2.45, 2.75) is 32.7 Å². The normalized spacial score (nSPS) is 13.8. The molecule has 0 aliphatic carbocycles. The molecule has 4 nitrogen and oxygen atoms in total. The number of nitrogens with zero attached hydrogens (tertiary/aromatic N) is 1. The highest BCUT2D eigenvalue weighted by molar-refractivity contribution is 7.80. The first-order valence-electron chi connectivity index (χ1n) is 8.69. The largest absolute Gasteiger partial charge is 0.358 e. The van der Waals surface area contributed by atoms with Gasteiger partial charge in [0.15, 0.2) is 5.11 Å². The Balaban J connectivity index is 1.52. The molecule has 0 saturated carbocycles. The summed E-state index contributed by atoms with van der Waals surface area (Å²) in [5.41, 5.74) is 4.38. The summed E-state index contributed by atoms with van der Waals surface area (Å²) in [6.45, 7) is 3.60. The summed E-state index contributed by atoms with van der Waals surface area (Å²) in [7, 11) is 0. The van der Waals surface area contributed by atoms with E-state index in [4.69, 9.17) is 12.2 Å². The fourth-order valence-corrected chi connectivity index (χ4v) is 3.13. The zero-order chi connectivity index (χ0) is 17.6. The van der Waals surface area contributed by atoms with Crippen LogP contribution >= 0.6 is 12.2 Å². The van der Waals surface area contributed by atoms with Gasteiger partial charge in [-0.05, 0) is 60.5 Å². The maximum Gasteiger partial charge on any atom is 0.227 e. The molecule has 1 fully saturated rings. The van der Waals surface area contributed by atoms with E-state index < -0.39 is 0 Å². The van der Waals surface area contributed by atoms with Crippen LogP contribution in [-0.2, 0) is 17.8 Å². The third-order valence-electron chi connectivity index (χ3n) is 4.37. The molecule has 0 spiro atoms. The quantitative estimate of drug-likeness (QED) is 0.801. The number of thiocarbonyl (C=S) groups is 1. The average Bonchev–Trinajstić information content (AvgIpc) is 3.06. The molecule has 0 atom stereocenters. The topological polar surface area (TPSA) is 44.4 Å². The van der Waals surface area contributed by atoms with E-state index in [9.17, 15) is 4.79 Å². The Hall–Kier alpha value is -2.40. The number of amides is 1. The Morgan fingerprint density at radius 2 is 1.96 bits per heavy atom. The van der Waals surface area contributed by atoms with Gasteiger partial charge in [-0.3, -0.25) is 4.79 Å². The average molecular weight is 353 g/mol. The molecule has 1 saturated heterocycles. The zero-order valence-electron chi connectivity index (χ0n) is 14.4. The highest BCUT2D eigenvalue weighted by atomic mass is 32.1. The lowest BCUT2D eigenvalue weighted by Crippen LogP contribution is -2.28. The molecule has 130 valence electrons. The Labute approximate surface area is 154 Å². The molecule has 2 N–H and O–H groups in total. The first kappa shape index (κ1) is 17.4. The highest BCUT2D eigenvalue weighted by Crippen LogP contribution is 2.21. The van der Waals surface area contributed by atoms with Crippen molar-refractivity contribution in [1.82, 2.24) is 5.32 Å². The molecular weight excluding hydrogens is 330 g/mol. The van der Waals surface area contributed by atoms with E-state index in [1.54, 1.807) is 0 Å². The lowest BCUT2D eigenvalue weighted by molar-refractivity contribution is -0.117. The van der Waals surface area contributed by atoms with Crippen LogP contribution in [0.15, 0.2) is 48.5 Å². The van der Waals surface area contributed by atoms with Crippen LogP contribution in [0.4, 0.5) is 11.4 Å². The fourth-order valence-electron chi connectivity index (χ4n) is 2.94. The van der Waals surface area contributed by atoms with Gasteiger partial charge in [-0.2, -0.15) is 0 Å². The van der Waals surface area contributed by atoms with Crippen molar-refractivity contribution in [2.75, 3.05) is 16.8 Å². The summed E-state index contributed by atoms with van der Waals surface area (Å²) in [5, 5.41) is 7.04. The third-order valence-corrected chi connectivity index (χ3v) is 4.61. The minimum absolute atomic E-state index is 0.213. The van der Waals surface area contributed by atoms with Gasteiger partial charge >= 0.3 is 0 Å². The van der Waals surface area contributed by atoms with E-state index in [2.05, 4.69) is 29.7 Å². The number of rotatable bonds is 5. The van der Waals surface area contributed by atoms with E-state index in [1.165, 1.54) is 5.56 Å². The molecule has 0 radical (unpaired) electrons. The zero-order valence-corrected chi connectivity index (χ0v) is 15.2. The molecular formula is C20H23N3OS. The number of nitrogens with one attached hydrogen (secondary N) is 2. The van der Waals surface area contributed by atoms with E-state index >= 15 is 0 Å². The molecule has 2 aromatic carbocycles. The van der Waals surface area contributed by atoms with Crippen molar-refractivity contribution in [3.8, 4) is 0 Å². The van der Waals surface area contributed by atoms with Gasteiger partial charge in [0.1, 0.15) is 0 Å². The predicted octanol–water partition coefficient (Wildman–Crippen LogP) is 3.86. The number of benzene rings is 2. The number of carbonyl (C=O) groups is 1. The monoisotopic (exact) mass is 353 g/mol. The lowest BCUT2D eigenvalue weighted by Gasteiger charge is -2.16. The summed E-state index contributed by atoms with van der Waals surface area (Å²) >= 11 is 5.37. The van der Waals surface area contributed by atoms with Crippen LogP contribution in [0.2, 0.25) is 0 Å². The SMILES string of the molecule is CCc1cccc(NC(=S)NCc2ccc(N3CCCC3=O)cc2)c1. The molecule has 1 heterocycles. The minimum atomic E-state index is 0.213. The van der Waals surface area contributed by atoms with Crippen molar-refractivity contribution >= 4 is 34.6 Å². The first-order chi connectivity index (χ1) is 12.2. The molecule has 3 rings (SSSR count). The molecule has 2 aromatic rings. The maximum absolute atomic E-state index is 11.8. The van der Waals surface area contributed by atoms with Gasteiger partial charge in [0, 0.05) is 30.9 Å². The summed E-state index contributed by atoms with van der Waals surface area (Å²) in [6.07, 6.45) is 2.60. The summed E-state index contributed by atoms with van der Waals surface area (Å²) in [6, 6.07) is 16.3. The maximum atomic E-state index is 11.8. The highest BCUT2D eigenvalue weighted by Gasteiger charge is 2.21. The molecule has 1 aliphatic rings. The third kappa shape index (κ3) is 4.57. The lowest BCUT2D eigenvalue weighted by atomic mass is 10.1. The van der Waals surface area contributed by atoms with Gasteiger partial charge in [0.25, 0.3) is 0 Å². The minimum Gasteiger partial charge on any atom is -0.358 e. The summed E-state index contributed by atoms with van der Waals surface area (Å²) in [5.74, 6) is 0.213. The number of carbonyl (C=O) groups excluding carboxylic acids is 1. The van der Waals surface area contributed by atoms with Crippen molar-refractivity contribution in [3.05, 3.63) is 59.7 Å². The van der Waals surface area contributed by atoms with Crippen molar-refractivity contribution in [3.63, 3.8) is 0 Å². The fraction of sp³-hybridized carbons (Fsp3) is 0.300. The molecule has 0 unspecified atom stereocenters. The van der Waals surface area contributed by atoms with E-state index in [1.807, 2.05) is 41.3 Å². The first-order valence-corrected chi connectivity index (χ1v) is 9.09. The van der Waals surface area contributed by atoms with Gasteiger partial charge in [-0.1, -0.05) is 31.2 Å². The van der Waals surface area contributed by atoms with Crippen molar-refractivity contribution in [2.24, 2.45) is 0 Å². The number of aryl methyl sites for hydroxylation is 1. The Morgan fingerprint density at radius 1 is 1.16 bits per heavy atom. The van der Waals surface area contributed by atoms with Crippen LogP contribution in [-0.4, -0.2) is 17.6 Å². The summed E-state index contributed by atoms with van der Waals surface area (Å²) in [4.78, 5) is 13.6. The smallest absolute Gasteiger partial charge is 0.227 e. The molecule has 0 aromatic heterocycles. The van der Waals surface area contributed by atoms with Gasteiger partial charge in [-0.15, -0.1) is 0 Å². The standard InChI is InChI=1S/C20H23N3OS/c1-2-15-5-3-6-17(13-15)22-20(25)21-14-16-8-10-18(11-9-16)23-12-4-7-19(23)24/h3,5-6,8-11,13H,2,4,7,12,14H2,1H3,(H2,21,22,25). The number of anilines is 2. The van der Waals surface area contributed by atoms with E-state index in [0.717, 1.165) is 36.3 Å². The molecule has 25 heavy (non-hydrogen) atoms. The van der Waals surface area contributed by atoms with E-state index in [0.29, 0.717) is 18.1 Å². The van der Waals surface area contributed by atoms with Crippen LogP contribution in [0.5, 0.6) is 0 Å². The van der Waals surface area contributed by atoms with Crippen LogP contribution in [0.25, 0.3) is 0 Å². The second-order valence-electron chi connectivity index (χ2n) is 6.18. The van der Waals surface area contributed by atoms with Gasteiger partial charge in [0.2, 0.25) is 5.91 Å². The molecule has 5 heteroatoms. The predicted molar refractivity (Wildman–Crippen MR) is 107 cm³/mol. The Bertz CT molecular complexity index is 758. The van der Waals surface area contributed by atoms with Crippen molar-refractivity contribution in [1.29, 1.82) is 0 Å². The van der Waals surface area contributed by atoms with E-state index in [-0.39, 0.29) is 5.91 Å². The summed E-state index contributed by atoms with van der Waals surface area (Å²) < 4.78 is 0. The molecule has 1 amide bonds. The van der Waals surface area contributed by atoms with Crippen molar-refractivity contribution < 1.29 is 4.79 Å². The number of hydrogen-bond acceptors (Lipinski definition) is 2. The van der Waals surface area contributed by atoms with Gasteiger partial charge in [-0.25, -0.2) is 0 Å². The molecule has 1 aliphatic heterocycles. The van der Waals surface area contributed by atoms with Crippen LogP contribution in [0.1, 0.15) is 30.9 Å². The van der Waals surface area contributed by atoms with Gasteiger partial charge < -0.3 is 15.5 Å². The Kier molecular flexibility index (Phi) is 5.66. The molecule has 0 bridgehead atoms. The Morgan fingerprint density at radius 3 is 2.64 bits per heavy atom. The van der Waals surface area contributed by atoms with Crippen LogP contribution in [0.3, 0.4) is 0 Å². The second kappa shape index (κ2) is 8.12. The second-order valence-corrected chi connectivity index (χ2v) is 6.59. The van der Waals surface area contributed by atoms with Crippen LogP contribution < -0.4 is 15.5 Å². The van der Waals surface area contributed by atoms with Crippen LogP contribution in [0, 0.1) is 0 Å².